The molecule has 116 valence electrons. The van der Waals surface area contributed by atoms with Crippen LogP contribution in [0.5, 0.6) is 11.5 Å². The van der Waals surface area contributed by atoms with Gasteiger partial charge >= 0.3 is 0 Å². The molecule has 0 N–H and O–H groups in total. The molecule has 4 atom stereocenters. The molecule has 1 aliphatic heterocycles. The third-order valence-electron chi connectivity index (χ3n) is 3.92. The molecule has 2 rings (SSSR count). The lowest BCUT2D eigenvalue weighted by Crippen LogP contribution is -2.38. The van der Waals surface area contributed by atoms with E-state index in [0.717, 1.165) is 5.56 Å². The number of hydrogen-bond acceptors (Lipinski definition) is 4. The van der Waals surface area contributed by atoms with Crippen LogP contribution in [0.3, 0.4) is 0 Å². The summed E-state index contributed by atoms with van der Waals surface area (Å²) >= 11 is 0. The van der Waals surface area contributed by atoms with Crippen LogP contribution in [0.1, 0.15) is 25.7 Å². The van der Waals surface area contributed by atoms with E-state index in [1.54, 1.807) is 14.2 Å². The monoisotopic (exact) mass is 292 g/mol. The third kappa shape index (κ3) is 3.39. The summed E-state index contributed by atoms with van der Waals surface area (Å²) in [6.07, 6.45) is 1.65. The minimum atomic E-state index is -0.381. The van der Waals surface area contributed by atoms with Crippen molar-refractivity contribution in [1.29, 1.82) is 0 Å². The normalized spacial score (nSPS) is 27.0. The van der Waals surface area contributed by atoms with Crippen LogP contribution in [0.25, 0.3) is 0 Å². The topological polar surface area (TPSA) is 36.9 Å². The van der Waals surface area contributed by atoms with Crippen molar-refractivity contribution in [3.05, 3.63) is 36.4 Å². The summed E-state index contributed by atoms with van der Waals surface area (Å²) in [7, 11) is 3.24. The first-order chi connectivity index (χ1) is 10.1. The fourth-order valence-corrected chi connectivity index (χ4v) is 2.60. The largest absolute Gasteiger partial charge is 0.493 e. The highest BCUT2D eigenvalue weighted by Gasteiger charge is 2.32. The van der Waals surface area contributed by atoms with Gasteiger partial charge in [0.25, 0.3) is 0 Å². The Morgan fingerprint density at radius 2 is 2.00 bits per heavy atom. The van der Waals surface area contributed by atoms with Gasteiger partial charge in [0.1, 0.15) is 0 Å². The molecule has 1 unspecified atom stereocenters. The van der Waals surface area contributed by atoms with E-state index in [2.05, 4.69) is 20.4 Å². The van der Waals surface area contributed by atoms with Crippen LogP contribution >= 0.6 is 0 Å². The lowest BCUT2D eigenvalue weighted by molar-refractivity contribution is -0.245. The van der Waals surface area contributed by atoms with Crippen molar-refractivity contribution in [2.24, 2.45) is 11.8 Å². The van der Waals surface area contributed by atoms with Gasteiger partial charge in [0, 0.05) is 17.4 Å². The number of methoxy groups -OCH3 is 2. The average Bonchev–Trinajstić information content (AvgIpc) is 2.53. The Hall–Kier alpha value is -1.52. The van der Waals surface area contributed by atoms with Crippen LogP contribution in [-0.2, 0) is 9.47 Å². The maximum atomic E-state index is 6.12. The third-order valence-corrected chi connectivity index (χ3v) is 3.92. The number of benzene rings is 1. The van der Waals surface area contributed by atoms with Gasteiger partial charge in [0.2, 0.25) is 0 Å². The van der Waals surface area contributed by atoms with Crippen molar-refractivity contribution in [2.45, 2.75) is 26.2 Å². The first-order valence-corrected chi connectivity index (χ1v) is 7.22. The van der Waals surface area contributed by atoms with E-state index < -0.39 is 0 Å². The van der Waals surface area contributed by atoms with Gasteiger partial charge in [-0.1, -0.05) is 26.0 Å². The second kappa shape index (κ2) is 6.96. The summed E-state index contributed by atoms with van der Waals surface area (Å²) in [5, 5.41) is 0. The van der Waals surface area contributed by atoms with Crippen LogP contribution in [0.4, 0.5) is 0 Å². The maximum Gasteiger partial charge on any atom is 0.184 e. The summed E-state index contributed by atoms with van der Waals surface area (Å²) in [4.78, 5) is 0. The highest BCUT2D eigenvalue weighted by atomic mass is 16.7. The predicted octanol–water partition coefficient (Wildman–Crippen LogP) is 3.58. The van der Waals surface area contributed by atoms with Gasteiger partial charge in [-0.2, -0.15) is 0 Å². The SMILES string of the molecule is C=C[C@@H](C)[C@H]1OC(c2ccc(OC)c(OC)c2)OC[C@H]1C. The quantitative estimate of drug-likeness (QED) is 0.777. The van der Waals surface area contributed by atoms with E-state index in [1.165, 1.54) is 0 Å². The van der Waals surface area contributed by atoms with E-state index in [1.807, 2.05) is 24.3 Å². The van der Waals surface area contributed by atoms with Gasteiger partial charge in [-0.15, -0.1) is 6.58 Å². The molecule has 0 aliphatic carbocycles. The van der Waals surface area contributed by atoms with Crippen molar-refractivity contribution in [3.8, 4) is 11.5 Å². The molecule has 0 amide bonds. The molecule has 4 nitrogen and oxygen atoms in total. The molecule has 0 radical (unpaired) electrons. The Balaban J connectivity index is 2.20. The molecule has 1 fully saturated rings. The van der Waals surface area contributed by atoms with Gasteiger partial charge in [0.15, 0.2) is 17.8 Å². The van der Waals surface area contributed by atoms with Crippen LogP contribution in [0.2, 0.25) is 0 Å². The fraction of sp³-hybridized carbons (Fsp3) is 0.529. The first kappa shape index (κ1) is 15.9. The standard InChI is InChI=1S/C17H24O4/c1-6-11(2)16-12(3)10-20-17(21-16)13-7-8-14(18-4)15(9-13)19-5/h6-9,11-12,16-17H,1,10H2,2-5H3/t11-,12-,16-,17?/m1/s1. The maximum absolute atomic E-state index is 6.12. The minimum absolute atomic E-state index is 0.106. The van der Waals surface area contributed by atoms with E-state index in [-0.39, 0.29) is 18.3 Å². The van der Waals surface area contributed by atoms with E-state index in [9.17, 15) is 0 Å². The number of hydrogen-bond donors (Lipinski definition) is 0. The molecule has 0 aromatic heterocycles. The molecule has 1 heterocycles. The molecule has 1 aromatic carbocycles. The summed E-state index contributed by atoms with van der Waals surface area (Å²) < 4.78 is 22.5. The highest BCUT2D eigenvalue weighted by molar-refractivity contribution is 5.43. The Kier molecular flexibility index (Phi) is 5.26. The molecular weight excluding hydrogens is 268 g/mol. The predicted molar refractivity (Wildman–Crippen MR) is 81.6 cm³/mol. The molecular formula is C17H24O4. The Labute approximate surface area is 126 Å². The smallest absolute Gasteiger partial charge is 0.184 e. The summed E-state index contributed by atoms with van der Waals surface area (Å²) in [6.45, 7) is 8.78. The zero-order valence-corrected chi connectivity index (χ0v) is 13.2. The van der Waals surface area contributed by atoms with Crippen molar-refractivity contribution in [3.63, 3.8) is 0 Å². The molecule has 0 bridgehead atoms. The van der Waals surface area contributed by atoms with Crippen molar-refractivity contribution in [1.82, 2.24) is 0 Å². The average molecular weight is 292 g/mol. The van der Waals surface area contributed by atoms with Crippen LogP contribution in [0, 0.1) is 11.8 Å². The van der Waals surface area contributed by atoms with Gasteiger partial charge in [-0.3, -0.25) is 0 Å². The van der Waals surface area contributed by atoms with Crippen molar-refractivity contribution in [2.75, 3.05) is 20.8 Å². The van der Waals surface area contributed by atoms with Gasteiger partial charge in [-0.05, 0) is 12.1 Å². The van der Waals surface area contributed by atoms with E-state index in [0.29, 0.717) is 24.0 Å². The summed E-state index contributed by atoms with van der Waals surface area (Å²) in [5.41, 5.74) is 0.931. The molecule has 1 aliphatic rings. The molecule has 0 saturated carbocycles. The Morgan fingerprint density at radius 3 is 2.62 bits per heavy atom. The van der Waals surface area contributed by atoms with Gasteiger partial charge in [-0.25, -0.2) is 0 Å². The van der Waals surface area contributed by atoms with Gasteiger partial charge in [0.05, 0.1) is 26.9 Å². The minimum Gasteiger partial charge on any atom is -0.493 e. The summed E-state index contributed by atoms with van der Waals surface area (Å²) in [6, 6.07) is 5.71. The lowest BCUT2D eigenvalue weighted by atomic mass is 9.93. The molecule has 4 heteroatoms. The molecule has 1 saturated heterocycles. The van der Waals surface area contributed by atoms with Crippen LogP contribution in [0.15, 0.2) is 30.9 Å². The van der Waals surface area contributed by atoms with E-state index >= 15 is 0 Å². The van der Waals surface area contributed by atoms with Crippen LogP contribution in [-0.4, -0.2) is 26.9 Å². The number of ether oxygens (including phenoxy) is 4. The summed E-state index contributed by atoms with van der Waals surface area (Å²) in [5.74, 6) is 2.00. The molecule has 1 aromatic rings. The molecule has 21 heavy (non-hydrogen) atoms. The first-order valence-electron chi connectivity index (χ1n) is 7.22. The number of rotatable bonds is 5. The fourth-order valence-electron chi connectivity index (χ4n) is 2.60. The van der Waals surface area contributed by atoms with E-state index in [4.69, 9.17) is 18.9 Å². The van der Waals surface area contributed by atoms with Crippen molar-refractivity contribution < 1.29 is 18.9 Å². The second-order valence-corrected chi connectivity index (χ2v) is 5.45. The Bertz CT molecular complexity index is 486. The Morgan fingerprint density at radius 1 is 1.29 bits per heavy atom. The van der Waals surface area contributed by atoms with Crippen LogP contribution < -0.4 is 9.47 Å². The zero-order chi connectivity index (χ0) is 15.4. The van der Waals surface area contributed by atoms with Gasteiger partial charge < -0.3 is 18.9 Å². The van der Waals surface area contributed by atoms with Crippen molar-refractivity contribution >= 4 is 0 Å². The zero-order valence-electron chi connectivity index (χ0n) is 13.2. The second-order valence-electron chi connectivity index (χ2n) is 5.45. The lowest BCUT2D eigenvalue weighted by Gasteiger charge is -2.37. The highest BCUT2D eigenvalue weighted by Crippen LogP contribution is 2.36. The molecule has 0 spiro atoms.